The Morgan fingerprint density at radius 1 is 0.525 bits per heavy atom. The first kappa shape index (κ1) is 34.1. The number of hydrogen-bond acceptors (Lipinski definition) is 4. The molecule has 0 spiro atoms. The Bertz CT molecular complexity index is 1170. The summed E-state index contributed by atoms with van der Waals surface area (Å²) >= 11 is 0. The number of hydrogen-bond donors (Lipinski definition) is 4. The van der Waals surface area contributed by atoms with Crippen molar-refractivity contribution in [2.24, 2.45) is 9.98 Å². The van der Waals surface area contributed by atoms with Crippen LogP contribution in [0.1, 0.15) is 59.5 Å². The van der Waals surface area contributed by atoms with Crippen molar-refractivity contribution in [2.45, 2.75) is 27.7 Å². The van der Waals surface area contributed by atoms with Gasteiger partial charge in [-0.05, 0) is 100 Å². The second-order valence-corrected chi connectivity index (χ2v) is 8.35. The monoisotopic (exact) mass is 584 g/mol. The van der Waals surface area contributed by atoms with Crippen LogP contribution in [-0.4, -0.2) is 49.7 Å². The first-order valence-corrected chi connectivity index (χ1v) is 13.0. The molecule has 0 aromatic heterocycles. The number of carbonyl (C=O) groups is 2. The molecule has 0 atom stereocenters. The van der Waals surface area contributed by atoms with Crippen molar-refractivity contribution in [3.05, 3.63) is 95.1 Å². The molecule has 10 heteroatoms. The molecule has 0 aliphatic rings. The van der Waals surface area contributed by atoms with Crippen molar-refractivity contribution in [3.8, 4) is 0 Å². The fourth-order valence-electron chi connectivity index (χ4n) is 3.75. The average Bonchev–Trinajstić information content (AvgIpc) is 2.94. The third-order valence-corrected chi connectivity index (χ3v) is 5.56. The van der Waals surface area contributed by atoms with Crippen LogP contribution in [0, 0.1) is 0 Å². The standard InChI is InChI=1S/C30H36N6O2.2ClH/c1-5-31-27(32-6-2)21-13-17-25(18-14-21)35-29(37)23-9-11-24(12-10-23)30(38)36-26-19-15-22(16-20-26)28(33-7-3)34-8-4;;/h9-20H,5-8H2,1-4H3,(H,31,32)(H,33,34)(H,35,37)(H,36,38);2*1H. The van der Waals surface area contributed by atoms with Gasteiger partial charge in [0.25, 0.3) is 11.8 Å². The lowest BCUT2D eigenvalue weighted by Crippen LogP contribution is -2.24. The Labute approximate surface area is 249 Å². The largest absolute Gasteiger partial charge is 0.370 e. The van der Waals surface area contributed by atoms with Crippen molar-refractivity contribution in [1.82, 2.24) is 10.6 Å². The Morgan fingerprint density at radius 2 is 0.825 bits per heavy atom. The van der Waals surface area contributed by atoms with E-state index in [1.165, 1.54) is 0 Å². The first-order valence-electron chi connectivity index (χ1n) is 13.0. The van der Waals surface area contributed by atoms with Crippen molar-refractivity contribution >= 4 is 59.7 Å². The SMILES string of the molecule is CCN=C(NCC)c1ccc(NC(=O)c2ccc(C(=O)Nc3ccc(C(=NCC)NCC)cc3)cc2)cc1.Cl.Cl. The number of amidine groups is 2. The van der Waals surface area contributed by atoms with Crippen LogP contribution in [0.3, 0.4) is 0 Å². The second kappa shape index (κ2) is 17.7. The summed E-state index contributed by atoms with van der Waals surface area (Å²) < 4.78 is 0. The maximum atomic E-state index is 12.7. The summed E-state index contributed by atoms with van der Waals surface area (Å²) in [6, 6.07) is 21.6. The molecule has 4 N–H and O–H groups in total. The van der Waals surface area contributed by atoms with E-state index in [2.05, 4.69) is 31.3 Å². The molecule has 40 heavy (non-hydrogen) atoms. The van der Waals surface area contributed by atoms with Gasteiger partial charge in [0.15, 0.2) is 0 Å². The second-order valence-electron chi connectivity index (χ2n) is 8.35. The van der Waals surface area contributed by atoms with E-state index in [9.17, 15) is 9.59 Å². The molecule has 0 fully saturated rings. The predicted octanol–water partition coefficient (Wildman–Crippen LogP) is 5.79. The molecule has 0 unspecified atom stereocenters. The van der Waals surface area contributed by atoms with Crippen molar-refractivity contribution in [2.75, 3.05) is 36.8 Å². The minimum Gasteiger partial charge on any atom is -0.370 e. The smallest absolute Gasteiger partial charge is 0.255 e. The molecule has 0 radical (unpaired) electrons. The zero-order valence-corrected chi connectivity index (χ0v) is 24.9. The summed E-state index contributed by atoms with van der Waals surface area (Å²) in [4.78, 5) is 34.4. The lowest BCUT2D eigenvalue weighted by molar-refractivity contribution is 0.101. The van der Waals surface area contributed by atoms with E-state index in [1.807, 2.05) is 76.2 Å². The average molecular weight is 586 g/mol. The van der Waals surface area contributed by atoms with Gasteiger partial charge in [0.1, 0.15) is 11.7 Å². The molecule has 214 valence electrons. The Balaban J connectivity index is 0.00000400. The van der Waals surface area contributed by atoms with E-state index in [1.54, 1.807) is 24.3 Å². The quantitative estimate of drug-likeness (QED) is 0.179. The highest BCUT2D eigenvalue weighted by atomic mass is 35.5. The third kappa shape index (κ3) is 9.70. The maximum Gasteiger partial charge on any atom is 0.255 e. The Morgan fingerprint density at radius 3 is 1.10 bits per heavy atom. The highest BCUT2D eigenvalue weighted by Crippen LogP contribution is 2.15. The minimum atomic E-state index is -0.250. The predicted molar refractivity (Wildman–Crippen MR) is 171 cm³/mol. The number of aliphatic imine (C=N–C) groups is 2. The summed E-state index contributed by atoms with van der Waals surface area (Å²) in [5.41, 5.74) is 4.20. The van der Waals surface area contributed by atoms with E-state index in [0.29, 0.717) is 35.6 Å². The highest BCUT2D eigenvalue weighted by molar-refractivity contribution is 6.07. The van der Waals surface area contributed by atoms with E-state index >= 15 is 0 Å². The first-order chi connectivity index (χ1) is 18.5. The summed E-state index contributed by atoms with van der Waals surface area (Å²) in [7, 11) is 0. The number of carbonyl (C=O) groups excluding carboxylic acids is 2. The van der Waals surface area contributed by atoms with Crippen LogP contribution in [0.2, 0.25) is 0 Å². The fraction of sp³-hybridized carbons (Fsp3) is 0.267. The molecule has 2 amide bonds. The Hall–Kier alpha value is -3.88. The lowest BCUT2D eigenvalue weighted by atomic mass is 10.1. The van der Waals surface area contributed by atoms with Gasteiger partial charge >= 0.3 is 0 Å². The number of halogens is 2. The van der Waals surface area contributed by atoms with E-state index in [0.717, 1.165) is 35.9 Å². The highest BCUT2D eigenvalue weighted by Gasteiger charge is 2.11. The number of amides is 2. The van der Waals surface area contributed by atoms with Gasteiger partial charge in [-0.2, -0.15) is 0 Å². The number of anilines is 2. The number of benzene rings is 3. The molecule has 8 nitrogen and oxygen atoms in total. The molecule has 0 heterocycles. The molecule has 0 saturated carbocycles. The van der Waals surface area contributed by atoms with Gasteiger partial charge in [-0.3, -0.25) is 19.6 Å². The molecule has 3 rings (SSSR count). The van der Waals surface area contributed by atoms with Gasteiger partial charge in [0.2, 0.25) is 0 Å². The maximum absolute atomic E-state index is 12.7. The molecule has 0 aliphatic carbocycles. The van der Waals surface area contributed by atoms with Crippen LogP contribution >= 0.6 is 24.8 Å². The van der Waals surface area contributed by atoms with Crippen LogP contribution in [0.4, 0.5) is 11.4 Å². The topological polar surface area (TPSA) is 107 Å². The zero-order chi connectivity index (χ0) is 27.3. The van der Waals surface area contributed by atoms with Gasteiger partial charge in [-0.1, -0.05) is 0 Å². The summed E-state index contributed by atoms with van der Waals surface area (Å²) in [5, 5.41) is 12.3. The van der Waals surface area contributed by atoms with Crippen LogP contribution in [0.15, 0.2) is 82.8 Å². The number of nitrogens with zero attached hydrogens (tertiary/aromatic N) is 2. The molecular weight excluding hydrogens is 547 g/mol. The van der Waals surface area contributed by atoms with Gasteiger partial charge in [-0.25, -0.2) is 0 Å². The van der Waals surface area contributed by atoms with E-state index in [4.69, 9.17) is 0 Å². The van der Waals surface area contributed by atoms with Gasteiger partial charge in [0.05, 0.1) is 0 Å². The van der Waals surface area contributed by atoms with Crippen LogP contribution in [0.25, 0.3) is 0 Å². The molecule has 3 aromatic carbocycles. The molecule has 0 bridgehead atoms. The molecule has 3 aromatic rings. The Kier molecular flexibility index (Phi) is 15.1. The van der Waals surface area contributed by atoms with Crippen LogP contribution < -0.4 is 21.3 Å². The van der Waals surface area contributed by atoms with E-state index in [-0.39, 0.29) is 36.6 Å². The van der Waals surface area contributed by atoms with Crippen molar-refractivity contribution in [3.63, 3.8) is 0 Å². The molecule has 0 saturated heterocycles. The van der Waals surface area contributed by atoms with Gasteiger partial charge in [0, 0.05) is 59.8 Å². The normalized spacial score (nSPS) is 11.0. The fourth-order valence-corrected chi connectivity index (χ4v) is 3.75. The summed E-state index contributed by atoms with van der Waals surface area (Å²) in [6.45, 7) is 11.0. The van der Waals surface area contributed by atoms with Gasteiger partial charge < -0.3 is 21.3 Å². The molecule has 0 aliphatic heterocycles. The number of rotatable bonds is 10. The van der Waals surface area contributed by atoms with E-state index < -0.39 is 0 Å². The van der Waals surface area contributed by atoms with Crippen LogP contribution in [0.5, 0.6) is 0 Å². The lowest BCUT2D eigenvalue weighted by Gasteiger charge is -2.11. The third-order valence-electron chi connectivity index (χ3n) is 5.56. The van der Waals surface area contributed by atoms with Gasteiger partial charge in [-0.15, -0.1) is 24.8 Å². The van der Waals surface area contributed by atoms with Crippen LogP contribution in [-0.2, 0) is 0 Å². The number of nitrogens with one attached hydrogen (secondary N) is 4. The van der Waals surface area contributed by atoms with Crippen molar-refractivity contribution in [1.29, 1.82) is 0 Å². The van der Waals surface area contributed by atoms with Crippen molar-refractivity contribution < 1.29 is 9.59 Å². The summed E-state index contributed by atoms with van der Waals surface area (Å²) in [6.07, 6.45) is 0. The summed E-state index contributed by atoms with van der Waals surface area (Å²) in [5.74, 6) is 1.17. The molecular formula is C30H38Cl2N6O2. The zero-order valence-electron chi connectivity index (χ0n) is 23.3. The minimum absolute atomic E-state index is 0.